The summed E-state index contributed by atoms with van der Waals surface area (Å²) in [5.74, 6) is 0. The van der Waals surface area contributed by atoms with Crippen molar-refractivity contribution < 1.29 is 0 Å². The molecule has 0 spiro atoms. The standard InChI is InChI=1S/C11H9ClN2/c1-8-2-4-9(5-3-8)10-6-13-7-14-11(10)12/h2-7H,1H3. The molecule has 0 aliphatic heterocycles. The molecule has 0 amide bonds. The first-order chi connectivity index (χ1) is 6.77. The van der Waals surface area contributed by atoms with Crippen molar-refractivity contribution in [2.24, 2.45) is 0 Å². The summed E-state index contributed by atoms with van der Waals surface area (Å²) in [5.41, 5.74) is 3.14. The second-order valence-electron chi connectivity index (χ2n) is 3.09. The molecule has 0 aliphatic rings. The monoisotopic (exact) mass is 204 g/mol. The SMILES string of the molecule is Cc1ccc(-c2cncnc2Cl)cc1. The summed E-state index contributed by atoms with van der Waals surface area (Å²) in [6.45, 7) is 2.05. The lowest BCUT2D eigenvalue weighted by Gasteiger charge is -2.02. The molecule has 1 aromatic heterocycles. The second kappa shape index (κ2) is 3.76. The van der Waals surface area contributed by atoms with Gasteiger partial charge in [-0.3, -0.25) is 0 Å². The molecule has 2 rings (SSSR count). The Bertz CT molecular complexity index is 437. The second-order valence-corrected chi connectivity index (χ2v) is 3.45. The molecule has 0 fully saturated rings. The largest absolute Gasteiger partial charge is 0.244 e. The lowest BCUT2D eigenvalue weighted by atomic mass is 10.1. The summed E-state index contributed by atoms with van der Waals surface area (Å²) in [6, 6.07) is 8.11. The van der Waals surface area contributed by atoms with Gasteiger partial charge in [-0.25, -0.2) is 9.97 Å². The van der Waals surface area contributed by atoms with Crippen molar-refractivity contribution in [3.63, 3.8) is 0 Å². The van der Waals surface area contributed by atoms with Gasteiger partial charge in [-0.2, -0.15) is 0 Å². The molecule has 1 heterocycles. The lowest BCUT2D eigenvalue weighted by molar-refractivity contribution is 1.17. The first-order valence-corrected chi connectivity index (χ1v) is 4.68. The van der Waals surface area contributed by atoms with Crippen molar-refractivity contribution in [3.05, 3.63) is 47.5 Å². The summed E-state index contributed by atoms with van der Waals surface area (Å²) < 4.78 is 0. The Morgan fingerprint density at radius 3 is 2.50 bits per heavy atom. The third-order valence-electron chi connectivity index (χ3n) is 2.03. The van der Waals surface area contributed by atoms with E-state index in [1.807, 2.05) is 31.2 Å². The van der Waals surface area contributed by atoms with E-state index in [1.54, 1.807) is 6.20 Å². The molecule has 0 saturated carbocycles. The van der Waals surface area contributed by atoms with Crippen LogP contribution < -0.4 is 0 Å². The number of rotatable bonds is 1. The van der Waals surface area contributed by atoms with Crippen LogP contribution in [0.4, 0.5) is 0 Å². The number of benzene rings is 1. The lowest BCUT2D eigenvalue weighted by Crippen LogP contribution is -1.85. The maximum Gasteiger partial charge on any atom is 0.140 e. The van der Waals surface area contributed by atoms with Crippen molar-refractivity contribution in [1.29, 1.82) is 0 Å². The number of hydrogen-bond donors (Lipinski definition) is 0. The van der Waals surface area contributed by atoms with Crippen molar-refractivity contribution in [3.8, 4) is 11.1 Å². The highest BCUT2D eigenvalue weighted by Gasteiger charge is 2.02. The highest BCUT2D eigenvalue weighted by molar-refractivity contribution is 6.32. The van der Waals surface area contributed by atoms with Crippen molar-refractivity contribution in [2.75, 3.05) is 0 Å². The van der Waals surface area contributed by atoms with Crippen LogP contribution in [0.3, 0.4) is 0 Å². The van der Waals surface area contributed by atoms with Gasteiger partial charge >= 0.3 is 0 Å². The van der Waals surface area contributed by atoms with E-state index >= 15 is 0 Å². The van der Waals surface area contributed by atoms with Gasteiger partial charge in [-0.15, -0.1) is 0 Å². The highest BCUT2D eigenvalue weighted by Crippen LogP contribution is 2.24. The van der Waals surface area contributed by atoms with Gasteiger partial charge < -0.3 is 0 Å². The Balaban J connectivity index is 2.50. The van der Waals surface area contributed by atoms with E-state index in [0.29, 0.717) is 5.15 Å². The number of hydrogen-bond acceptors (Lipinski definition) is 2. The van der Waals surface area contributed by atoms with Crippen LogP contribution in [0.5, 0.6) is 0 Å². The fourth-order valence-electron chi connectivity index (χ4n) is 1.24. The maximum absolute atomic E-state index is 5.95. The molecular formula is C11H9ClN2. The molecule has 0 radical (unpaired) electrons. The summed E-state index contributed by atoms with van der Waals surface area (Å²) in [4.78, 5) is 7.88. The smallest absolute Gasteiger partial charge is 0.140 e. The molecule has 0 aliphatic carbocycles. The fourth-order valence-corrected chi connectivity index (χ4v) is 1.44. The van der Waals surface area contributed by atoms with Gasteiger partial charge in [0, 0.05) is 11.8 Å². The summed E-state index contributed by atoms with van der Waals surface area (Å²) in [5, 5.41) is 0.490. The van der Waals surface area contributed by atoms with Crippen LogP contribution in [-0.4, -0.2) is 9.97 Å². The van der Waals surface area contributed by atoms with Crippen molar-refractivity contribution in [2.45, 2.75) is 6.92 Å². The predicted octanol–water partition coefficient (Wildman–Crippen LogP) is 3.11. The molecule has 0 unspecified atom stereocenters. The van der Waals surface area contributed by atoms with E-state index in [4.69, 9.17) is 11.6 Å². The highest BCUT2D eigenvalue weighted by atomic mass is 35.5. The number of halogens is 1. The van der Waals surface area contributed by atoms with E-state index < -0.39 is 0 Å². The zero-order valence-electron chi connectivity index (χ0n) is 7.74. The Morgan fingerprint density at radius 1 is 1.14 bits per heavy atom. The van der Waals surface area contributed by atoms with E-state index in [2.05, 4.69) is 9.97 Å². The van der Waals surface area contributed by atoms with Crippen molar-refractivity contribution in [1.82, 2.24) is 9.97 Å². The van der Waals surface area contributed by atoms with Crippen LogP contribution in [0.2, 0.25) is 5.15 Å². The zero-order valence-corrected chi connectivity index (χ0v) is 8.49. The molecular weight excluding hydrogens is 196 g/mol. The van der Waals surface area contributed by atoms with Crippen LogP contribution >= 0.6 is 11.6 Å². The van der Waals surface area contributed by atoms with Gasteiger partial charge in [-0.05, 0) is 12.5 Å². The zero-order chi connectivity index (χ0) is 9.97. The van der Waals surface area contributed by atoms with E-state index in [0.717, 1.165) is 11.1 Å². The average Bonchev–Trinajstić information content (AvgIpc) is 2.20. The summed E-state index contributed by atoms with van der Waals surface area (Å²) >= 11 is 5.95. The molecule has 2 nitrogen and oxygen atoms in total. The predicted molar refractivity (Wildman–Crippen MR) is 57.2 cm³/mol. The number of aryl methyl sites for hydroxylation is 1. The first kappa shape index (κ1) is 9.16. The molecule has 1 aromatic carbocycles. The van der Waals surface area contributed by atoms with Crippen LogP contribution in [0.25, 0.3) is 11.1 Å². The quantitative estimate of drug-likeness (QED) is 0.667. The first-order valence-electron chi connectivity index (χ1n) is 4.30. The van der Waals surface area contributed by atoms with Crippen LogP contribution in [0.15, 0.2) is 36.8 Å². The van der Waals surface area contributed by atoms with Gasteiger partial charge in [0.15, 0.2) is 0 Å². The van der Waals surface area contributed by atoms with E-state index in [9.17, 15) is 0 Å². The minimum absolute atomic E-state index is 0.490. The minimum atomic E-state index is 0.490. The van der Waals surface area contributed by atoms with Crippen LogP contribution in [-0.2, 0) is 0 Å². The Morgan fingerprint density at radius 2 is 1.86 bits per heavy atom. The molecule has 0 N–H and O–H groups in total. The summed E-state index contributed by atoms with van der Waals surface area (Å²) in [6.07, 6.45) is 3.17. The fraction of sp³-hybridized carbons (Fsp3) is 0.0909. The van der Waals surface area contributed by atoms with Crippen molar-refractivity contribution >= 4 is 11.6 Å². The molecule has 14 heavy (non-hydrogen) atoms. The Kier molecular flexibility index (Phi) is 2.46. The molecule has 70 valence electrons. The average molecular weight is 205 g/mol. The van der Waals surface area contributed by atoms with Gasteiger partial charge in [-0.1, -0.05) is 41.4 Å². The van der Waals surface area contributed by atoms with Crippen LogP contribution in [0.1, 0.15) is 5.56 Å². The van der Waals surface area contributed by atoms with Crippen LogP contribution in [0, 0.1) is 6.92 Å². The summed E-state index contributed by atoms with van der Waals surface area (Å²) in [7, 11) is 0. The third kappa shape index (κ3) is 1.75. The minimum Gasteiger partial charge on any atom is -0.244 e. The number of nitrogens with zero attached hydrogens (tertiary/aromatic N) is 2. The van der Waals surface area contributed by atoms with Gasteiger partial charge in [0.2, 0.25) is 0 Å². The van der Waals surface area contributed by atoms with E-state index in [-0.39, 0.29) is 0 Å². The van der Waals surface area contributed by atoms with Gasteiger partial charge in [0.05, 0.1) is 0 Å². The Hall–Kier alpha value is -1.41. The van der Waals surface area contributed by atoms with Gasteiger partial charge in [0.1, 0.15) is 11.5 Å². The molecule has 3 heteroatoms. The molecule has 2 aromatic rings. The number of aromatic nitrogens is 2. The molecule has 0 saturated heterocycles. The third-order valence-corrected chi connectivity index (χ3v) is 2.33. The molecule has 0 atom stereocenters. The normalized spacial score (nSPS) is 10.1. The Labute approximate surface area is 87.6 Å². The maximum atomic E-state index is 5.95. The van der Waals surface area contributed by atoms with Gasteiger partial charge in [0.25, 0.3) is 0 Å². The topological polar surface area (TPSA) is 25.8 Å². The molecule has 0 bridgehead atoms. The van der Waals surface area contributed by atoms with E-state index in [1.165, 1.54) is 11.9 Å².